The van der Waals surface area contributed by atoms with Crippen LogP contribution in [-0.2, 0) is 23.7 Å². The second-order valence-electron chi connectivity index (χ2n) is 11.2. The van der Waals surface area contributed by atoms with E-state index in [1.807, 2.05) is 0 Å². The number of carbonyl (C=O) groups excluding carboxylic acids is 2. The zero-order valence-corrected chi connectivity index (χ0v) is 29.3. The summed E-state index contributed by atoms with van der Waals surface area (Å²) in [6, 6.07) is 8.78. The number of rotatable bonds is 12. The molecule has 2 unspecified atom stereocenters. The summed E-state index contributed by atoms with van der Waals surface area (Å²) >= 11 is 6.55. The summed E-state index contributed by atoms with van der Waals surface area (Å²) in [7, 11) is 0. The maximum atomic E-state index is 12.8. The predicted octanol–water partition coefficient (Wildman–Crippen LogP) is 5.76. The summed E-state index contributed by atoms with van der Waals surface area (Å²) in [4.78, 5) is 73.7. The number of nitrogens with one attached hydrogen (secondary N) is 1. The van der Waals surface area contributed by atoms with Crippen molar-refractivity contribution in [3.63, 3.8) is 0 Å². The Balaban J connectivity index is 1.42. The number of aryl methyl sites for hydroxylation is 1. The van der Waals surface area contributed by atoms with Crippen LogP contribution in [0.5, 0.6) is 0 Å². The zero-order chi connectivity index (χ0) is 36.0. The molecule has 0 spiro atoms. The minimum absolute atomic E-state index is 0.111. The van der Waals surface area contributed by atoms with Crippen molar-refractivity contribution >= 4 is 55.5 Å². The highest BCUT2D eigenvalue weighted by atomic mass is 79.9. The molecule has 0 saturated carbocycles. The highest BCUT2D eigenvalue weighted by Gasteiger charge is 2.41. The molecule has 2 heterocycles. The Labute approximate surface area is 294 Å². The van der Waals surface area contributed by atoms with Crippen LogP contribution in [0.25, 0.3) is 0 Å². The average Bonchev–Trinajstić information content (AvgIpc) is 3.44. The van der Waals surface area contributed by atoms with Crippen molar-refractivity contribution in [1.29, 1.82) is 0 Å². The number of aromatic amines is 1. The van der Waals surface area contributed by atoms with Gasteiger partial charge >= 0.3 is 18.0 Å². The van der Waals surface area contributed by atoms with Gasteiger partial charge < -0.3 is 23.7 Å². The quantitative estimate of drug-likeness (QED) is 0.131. The third-order valence-electron chi connectivity index (χ3n) is 7.59. The number of carbonyl (C=O) groups is 2. The van der Waals surface area contributed by atoms with E-state index in [0.29, 0.717) is 20.1 Å². The molecule has 262 valence electrons. The van der Waals surface area contributed by atoms with Crippen molar-refractivity contribution in [1.82, 2.24) is 9.55 Å². The van der Waals surface area contributed by atoms with E-state index in [1.165, 1.54) is 37.4 Å². The number of H-pyrrole nitrogens is 1. The van der Waals surface area contributed by atoms with Crippen LogP contribution in [0, 0.1) is 27.2 Å². The molecule has 0 radical (unpaired) electrons. The standard InChI is InChI=1S/C30H30Br2N4O13/c1-15-11-34(28(38)33-27(15)37)26-10-24(49-30(40)46-13-17(3)21-9-19(32)5-7-23(21)36(43)44)25(48-26)14-47-29(39)45-12-16(2)20-8-18(31)4-6-22(20)35(41)42/h4-9,11,16-17,24-26H,10,12-14H2,1-3H3,(H,33,37,38)/t16?,17?,24-,25+,26+/m0/s1. The van der Waals surface area contributed by atoms with Crippen LogP contribution >= 0.6 is 31.9 Å². The summed E-state index contributed by atoms with van der Waals surface area (Å²) in [5.41, 5.74) is -0.844. The zero-order valence-electron chi connectivity index (χ0n) is 26.2. The number of hydrogen-bond acceptors (Lipinski definition) is 13. The second-order valence-corrected chi connectivity index (χ2v) is 13.0. The lowest BCUT2D eigenvalue weighted by atomic mass is 10.0. The molecule has 3 aromatic rings. The van der Waals surface area contributed by atoms with Crippen molar-refractivity contribution in [2.75, 3.05) is 19.8 Å². The second kappa shape index (κ2) is 16.2. The molecule has 49 heavy (non-hydrogen) atoms. The number of benzene rings is 2. The lowest BCUT2D eigenvalue weighted by Crippen LogP contribution is -2.34. The van der Waals surface area contributed by atoms with Crippen molar-refractivity contribution < 1.29 is 43.1 Å². The predicted molar refractivity (Wildman–Crippen MR) is 177 cm³/mol. The summed E-state index contributed by atoms with van der Waals surface area (Å²) < 4.78 is 29.3. The molecule has 1 aliphatic rings. The van der Waals surface area contributed by atoms with Crippen LogP contribution in [-0.4, -0.2) is 63.7 Å². The van der Waals surface area contributed by atoms with Gasteiger partial charge in [-0.05, 0) is 31.2 Å². The van der Waals surface area contributed by atoms with Gasteiger partial charge in [0.2, 0.25) is 0 Å². The van der Waals surface area contributed by atoms with E-state index in [1.54, 1.807) is 26.0 Å². The molecule has 0 amide bonds. The van der Waals surface area contributed by atoms with Crippen molar-refractivity contribution in [3.05, 3.63) is 109 Å². The normalized spacial score (nSPS) is 18.3. The lowest BCUT2D eigenvalue weighted by molar-refractivity contribution is -0.385. The van der Waals surface area contributed by atoms with Gasteiger partial charge in [-0.3, -0.25) is 34.6 Å². The molecule has 0 aliphatic carbocycles. The molecule has 19 heteroatoms. The number of nitro benzene ring substituents is 2. The van der Waals surface area contributed by atoms with Crippen LogP contribution < -0.4 is 11.2 Å². The van der Waals surface area contributed by atoms with Crippen LogP contribution in [0.4, 0.5) is 21.0 Å². The summed E-state index contributed by atoms with van der Waals surface area (Å²) in [5, 5.41) is 22.9. The van der Waals surface area contributed by atoms with Gasteiger partial charge in [0.25, 0.3) is 16.9 Å². The molecule has 1 fully saturated rings. The Bertz CT molecular complexity index is 1860. The first-order valence-electron chi connectivity index (χ1n) is 14.6. The minimum Gasteiger partial charge on any atom is -0.434 e. The largest absolute Gasteiger partial charge is 0.508 e. The molecule has 2 aromatic carbocycles. The molecule has 1 saturated heterocycles. The van der Waals surface area contributed by atoms with Crippen LogP contribution in [0.2, 0.25) is 0 Å². The Morgan fingerprint density at radius 1 is 0.939 bits per heavy atom. The SMILES string of the molecule is Cc1cn([C@H]2C[C@H](OC(=O)OCC(C)c3cc(Br)ccc3[N+](=O)[O-])[C@@H](COC(=O)OCC(C)c3cc(Br)ccc3[N+](=O)[O-])O2)c(=O)[nH]c1=O. The topological polar surface area (TPSA) is 221 Å². The van der Waals surface area contributed by atoms with E-state index in [0.717, 1.165) is 4.57 Å². The number of ether oxygens (including phenoxy) is 5. The fraction of sp³-hybridized carbons (Fsp3) is 0.400. The number of hydrogen-bond donors (Lipinski definition) is 1. The Kier molecular flexibility index (Phi) is 12.3. The maximum absolute atomic E-state index is 12.8. The first kappa shape index (κ1) is 37.2. The van der Waals surface area contributed by atoms with Gasteiger partial charge in [-0.1, -0.05) is 45.7 Å². The smallest absolute Gasteiger partial charge is 0.434 e. The van der Waals surface area contributed by atoms with E-state index in [-0.39, 0.29) is 36.6 Å². The van der Waals surface area contributed by atoms with Crippen LogP contribution in [0.1, 0.15) is 55.0 Å². The first-order chi connectivity index (χ1) is 23.1. The molecular weight excluding hydrogens is 784 g/mol. The Morgan fingerprint density at radius 3 is 2.00 bits per heavy atom. The van der Waals surface area contributed by atoms with E-state index in [2.05, 4.69) is 36.8 Å². The molecule has 4 rings (SSSR count). The molecule has 17 nitrogen and oxygen atoms in total. The molecule has 5 atom stereocenters. The van der Waals surface area contributed by atoms with Gasteiger partial charge in [-0.15, -0.1) is 0 Å². The van der Waals surface area contributed by atoms with E-state index in [4.69, 9.17) is 23.7 Å². The molecular formula is C30H30Br2N4O13. The maximum Gasteiger partial charge on any atom is 0.508 e. The van der Waals surface area contributed by atoms with Crippen LogP contribution in [0.3, 0.4) is 0 Å². The highest BCUT2D eigenvalue weighted by molar-refractivity contribution is 9.10. The van der Waals surface area contributed by atoms with Gasteiger partial charge in [0.1, 0.15) is 38.3 Å². The van der Waals surface area contributed by atoms with Crippen molar-refractivity contribution in [2.24, 2.45) is 0 Å². The number of nitro groups is 2. The fourth-order valence-electron chi connectivity index (χ4n) is 5.03. The number of aromatic nitrogens is 2. The average molecular weight is 814 g/mol. The molecule has 0 bridgehead atoms. The van der Waals surface area contributed by atoms with Crippen LogP contribution in [0.15, 0.2) is 61.1 Å². The van der Waals surface area contributed by atoms with Gasteiger partial charge in [0, 0.05) is 62.2 Å². The van der Waals surface area contributed by atoms with Crippen molar-refractivity contribution in [2.45, 2.75) is 57.5 Å². The van der Waals surface area contributed by atoms with Gasteiger partial charge in [-0.2, -0.15) is 0 Å². The highest BCUT2D eigenvalue weighted by Crippen LogP contribution is 2.33. The molecule has 1 aliphatic heterocycles. The molecule has 1 aromatic heterocycles. The van der Waals surface area contributed by atoms with Crippen molar-refractivity contribution in [3.8, 4) is 0 Å². The van der Waals surface area contributed by atoms with Gasteiger partial charge in [-0.25, -0.2) is 14.4 Å². The Hall–Kier alpha value is -4.62. The summed E-state index contributed by atoms with van der Waals surface area (Å²) in [5.74, 6) is -1.19. The fourth-order valence-corrected chi connectivity index (χ4v) is 5.79. The molecule has 1 N–H and O–H groups in total. The summed E-state index contributed by atoms with van der Waals surface area (Å²) in [6.07, 6.45) is -4.43. The minimum atomic E-state index is -1.15. The lowest BCUT2D eigenvalue weighted by Gasteiger charge is -2.19. The number of halogens is 2. The monoisotopic (exact) mass is 812 g/mol. The van der Waals surface area contributed by atoms with E-state index >= 15 is 0 Å². The van der Waals surface area contributed by atoms with Gasteiger partial charge in [0.15, 0.2) is 0 Å². The third-order valence-corrected chi connectivity index (χ3v) is 8.57. The Morgan fingerprint density at radius 2 is 1.47 bits per heavy atom. The van der Waals surface area contributed by atoms with Gasteiger partial charge in [0.05, 0.1) is 9.85 Å². The number of nitrogens with zero attached hydrogens (tertiary/aromatic N) is 3. The third kappa shape index (κ3) is 9.51. The van der Waals surface area contributed by atoms with E-state index in [9.17, 15) is 39.4 Å². The van der Waals surface area contributed by atoms with E-state index < -0.39 is 70.3 Å². The first-order valence-corrected chi connectivity index (χ1v) is 16.2. The summed E-state index contributed by atoms with van der Waals surface area (Å²) in [6.45, 7) is 3.68.